The van der Waals surface area contributed by atoms with E-state index in [1.165, 1.54) is 109 Å². The van der Waals surface area contributed by atoms with Crippen LogP contribution in [-0.2, 0) is 11.8 Å². The molecule has 1 aliphatic heterocycles. The van der Waals surface area contributed by atoms with Crippen molar-refractivity contribution in [2.24, 2.45) is 0 Å². The van der Waals surface area contributed by atoms with E-state index in [9.17, 15) is 0 Å². The predicted octanol–water partition coefficient (Wildman–Crippen LogP) is 10.8. The van der Waals surface area contributed by atoms with Gasteiger partial charge in [0.25, 0.3) is 0 Å². The first-order valence-corrected chi connectivity index (χ1v) is 17.4. The molecular weight excluding hydrogens is 553 g/mol. The fourth-order valence-electron chi connectivity index (χ4n) is 8.33. The highest BCUT2D eigenvalue weighted by molar-refractivity contribution is 6.66. The standard InChI is InChI=1S/C44H44BN/c1-6-7-13-30-18-23-34(24-19-30)46-42(38-27-33(31-14-9-8-10-15-31)22-25-35(38)32-20-21-32)29(3)45-41-28(2)26-37-36-16-11-12-17-39(36)44(4,5)40(37)43(41)46/h8-12,14-19,22-27,32,45H,6-7,13,20-21H2,1-5H3. The number of anilines is 2. The molecule has 1 heterocycles. The third-order valence-corrected chi connectivity index (χ3v) is 10.9. The van der Waals surface area contributed by atoms with Gasteiger partial charge in [0.15, 0.2) is 7.28 Å². The van der Waals surface area contributed by atoms with E-state index < -0.39 is 0 Å². The summed E-state index contributed by atoms with van der Waals surface area (Å²) in [6, 6.07) is 39.4. The molecule has 0 spiro atoms. The van der Waals surface area contributed by atoms with Crippen LogP contribution in [0.5, 0.6) is 0 Å². The highest BCUT2D eigenvalue weighted by atomic mass is 15.2. The van der Waals surface area contributed by atoms with Gasteiger partial charge in [0.05, 0.1) is 0 Å². The summed E-state index contributed by atoms with van der Waals surface area (Å²) < 4.78 is 0. The van der Waals surface area contributed by atoms with E-state index >= 15 is 0 Å². The van der Waals surface area contributed by atoms with Gasteiger partial charge in [-0.05, 0) is 108 Å². The van der Waals surface area contributed by atoms with Gasteiger partial charge < -0.3 is 4.90 Å². The van der Waals surface area contributed by atoms with E-state index in [-0.39, 0.29) is 5.41 Å². The van der Waals surface area contributed by atoms with Crippen LogP contribution in [0.4, 0.5) is 11.4 Å². The van der Waals surface area contributed by atoms with Crippen molar-refractivity contribution in [3.63, 3.8) is 0 Å². The molecule has 2 heteroatoms. The molecule has 0 atom stereocenters. The Morgan fingerprint density at radius 3 is 2.24 bits per heavy atom. The van der Waals surface area contributed by atoms with Gasteiger partial charge in [-0.3, -0.25) is 0 Å². The lowest BCUT2D eigenvalue weighted by molar-refractivity contribution is 0.661. The van der Waals surface area contributed by atoms with Crippen LogP contribution in [0.3, 0.4) is 0 Å². The summed E-state index contributed by atoms with van der Waals surface area (Å²) in [5, 5.41) is 0. The highest BCUT2D eigenvalue weighted by Crippen LogP contribution is 2.56. The second-order valence-electron chi connectivity index (χ2n) is 14.5. The van der Waals surface area contributed by atoms with Gasteiger partial charge >= 0.3 is 0 Å². The average Bonchev–Trinajstić information content (AvgIpc) is 3.90. The lowest BCUT2D eigenvalue weighted by Gasteiger charge is -2.40. The second-order valence-corrected chi connectivity index (χ2v) is 14.5. The topological polar surface area (TPSA) is 3.24 Å². The summed E-state index contributed by atoms with van der Waals surface area (Å²) in [4.78, 5) is 2.69. The van der Waals surface area contributed by atoms with Crippen LogP contribution < -0.4 is 10.4 Å². The molecule has 0 radical (unpaired) electrons. The lowest BCUT2D eigenvalue weighted by Crippen LogP contribution is -2.38. The molecule has 0 saturated heterocycles. The van der Waals surface area contributed by atoms with Crippen LogP contribution in [-0.4, -0.2) is 7.28 Å². The first-order chi connectivity index (χ1) is 22.4. The third-order valence-electron chi connectivity index (χ3n) is 10.9. The van der Waals surface area contributed by atoms with Crippen molar-refractivity contribution in [2.45, 2.75) is 78.1 Å². The largest absolute Gasteiger partial charge is 0.311 e. The minimum absolute atomic E-state index is 0.107. The van der Waals surface area contributed by atoms with Crippen LogP contribution in [0.2, 0.25) is 0 Å². The first-order valence-electron chi connectivity index (χ1n) is 17.4. The number of rotatable bonds is 7. The van der Waals surface area contributed by atoms with E-state index in [1.54, 1.807) is 0 Å². The molecular formula is C44H44BN. The van der Waals surface area contributed by atoms with Crippen molar-refractivity contribution in [3.8, 4) is 22.3 Å². The molecule has 1 fully saturated rings. The molecule has 5 aromatic carbocycles. The maximum absolute atomic E-state index is 2.69. The van der Waals surface area contributed by atoms with Gasteiger partial charge in [0, 0.05) is 28.1 Å². The number of hydrogen-bond acceptors (Lipinski definition) is 1. The number of allylic oxidation sites excluding steroid dienone is 1. The molecule has 1 saturated carbocycles. The summed E-state index contributed by atoms with van der Waals surface area (Å²) in [6.45, 7) is 11.9. The predicted molar refractivity (Wildman–Crippen MR) is 199 cm³/mol. The van der Waals surface area contributed by atoms with Gasteiger partial charge in [-0.1, -0.05) is 129 Å². The second kappa shape index (κ2) is 11.2. The molecule has 46 heavy (non-hydrogen) atoms. The van der Waals surface area contributed by atoms with Gasteiger partial charge in [-0.15, -0.1) is 0 Å². The van der Waals surface area contributed by atoms with Gasteiger partial charge in [0.1, 0.15) is 0 Å². The molecule has 2 aliphatic carbocycles. The van der Waals surface area contributed by atoms with E-state index in [1.807, 2.05) is 0 Å². The van der Waals surface area contributed by atoms with Crippen molar-refractivity contribution in [3.05, 3.63) is 142 Å². The monoisotopic (exact) mass is 597 g/mol. The Morgan fingerprint density at radius 2 is 1.50 bits per heavy atom. The Kier molecular flexibility index (Phi) is 7.09. The number of nitrogens with zero attached hydrogens (tertiary/aromatic N) is 1. The summed E-state index contributed by atoms with van der Waals surface area (Å²) in [5.74, 6) is 0.642. The Hall–Kier alpha value is -4.30. The SMILES string of the molecule is CCCCc1ccc(N2C(c3cc(-c4ccccc4)ccc3C3CC3)=C(C)Bc3c(C)cc4c(c32)C(C)(C)c2ccccc2-4)cc1. The van der Waals surface area contributed by atoms with Crippen molar-refractivity contribution in [1.29, 1.82) is 0 Å². The Morgan fingerprint density at radius 1 is 0.761 bits per heavy atom. The third kappa shape index (κ3) is 4.68. The maximum Gasteiger partial charge on any atom is 0.192 e. The molecule has 5 aromatic rings. The number of unbranched alkanes of at least 4 members (excludes halogenated alkanes) is 1. The minimum atomic E-state index is -0.107. The molecule has 8 rings (SSSR count). The highest BCUT2D eigenvalue weighted by Gasteiger charge is 2.43. The van der Waals surface area contributed by atoms with Crippen molar-refractivity contribution in [1.82, 2.24) is 0 Å². The Labute approximate surface area is 276 Å². The lowest BCUT2D eigenvalue weighted by atomic mass is 9.57. The van der Waals surface area contributed by atoms with E-state index in [4.69, 9.17) is 0 Å². The molecule has 228 valence electrons. The Balaban J connectivity index is 1.40. The fourth-order valence-corrected chi connectivity index (χ4v) is 8.33. The minimum Gasteiger partial charge on any atom is -0.311 e. The zero-order valence-corrected chi connectivity index (χ0v) is 28.1. The van der Waals surface area contributed by atoms with E-state index in [0.29, 0.717) is 5.92 Å². The summed E-state index contributed by atoms with van der Waals surface area (Å²) in [7, 11) is 0.973. The van der Waals surface area contributed by atoms with Gasteiger partial charge in [0.2, 0.25) is 0 Å². The molecule has 0 aromatic heterocycles. The quantitative estimate of drug-likeness (QED) is 0.169. The van der Waals surface area contributed by atoms with Crippen molar-refractivity contribution in [2.75, 3.05) is 4.90 Å². The zero-order valence-electron chi connectivity index (χ0n) is 28.1. The van der Waals surface area contributed by atoms with Crippen LogP contribution >= 0.6 is 0 Å². The Bertz CT molecular complexity index is 1990. The van der Waals surface area contributed by atoms with Crippen molar-refractivity contribution >= 4 is 29.8 Å². The molecule has 0 N–H and O–H groups in total. The summed E-state index contributed by atoms with van der Waals surface area (Å²) >= 11 is 0. The van der Waals surface area contributed by atoms with Crippen LogP contribution in [0.1, 0.15) is 92.7 Å². The average molecular weight is 598 g/mol. The van der Waals surface area contributed by atoms with Crippen molar-refractivity contribution < 1.29 is 0 Å². The molecule has 0 bridgehead atoms. The smallest absolute Gasteiger partial charge is 0.192 e. The number of benzene rings is 5. The normalized spacial score (nSPS) is 16.2. The molecule has 1 nitrogen and oxygen atoms in total. The van der Waals surface area contributed by atoms with Gasteiger partial charge in [-0.2, -0.15) is 0 Å². The fraction of sp³-hybridized carbons (Fsp3) is 0.273. The zero-order chi connectivity index (χ0) is 31.6. The number of fused-ring (bicyclic) bond motifs is 5. The summed E-state index contributed by atoms with van der Waals surface area (Å²) in [6.07, 6.45) is 6.15. The van der Waals surface area contributed by atoms with E-state index in [2.05, 4.69) is 143 Å². The summed E-state index contributed by atoms with van der Waals surface area (Å²) in [5.41, 5.74) is 20.9. The number of aryl methyl sites for hydroxylation is 2. The van der Waals surface area contributed by atoms with Gasteiger partial charge in [-0.25, -0.2) is 0 Å². The van der Waals surface area contributed by atoms with E-state index in [0.717, 1.165) is 13.7 Å². The van der Waals surface area contributed by atoms with Crippen LogP contribution in [0.15, 0.2) is 109 Å². The number of hydrogen-bond donors (Lipinski definition) is 0. The maximum atomic E-state index is 2.69. The first kappa shape index (κ1) is 29.1. The molecule has 0 amide bonds. The van der Waals surface area contributed by atoms with Crippen LogP contribution in [0, 0.1) is 6.92 Å². The van der Waals surface area contributed by atoms with Crippen LogP contribution in [0.25, 0.3) is 28.0 Å². The molecule has 3 aliphatic rings. The molecule has 0 unspecified atom stereocenters.